The second kappa shape index (κ2) is 10.1. The molecule has 0 aromatic heterocycles. The number of carbonyl (C=O) groups is 2. The molecule has 6 heteroatoms. The summed E-state index contributed by atoms with van der Waals surface area (Å²) in [6.07, 6.45) is 3.57. The van der Waals surface area contributed by atoms with E-state index in [-0.39, 0.29) is 12.4 Å². The molecule has 0 aliphatic rings. The van der Waals surface area contributed by atoms with Crippen LogP contribution in [0, 0.1) is 0 Å². The minimum Gasteiger partial charge on any atom is -0.445 e. The van der Waals surface area contributed by atoms with E-state index in [0.29, 0.717) is 18.7 Å². The second-order valence-corrected chi connectivity index (χ2v) is 6.29. The lowest BCUT2D eigenvalue weighted by molar-refractivity contribution is 0.0488. The van der Waals surface area contributed by atoms with Crippen LogP contribution in [0.4, 0.5) is 4.79 Å². The van der Waals surface area contributed by atoms with Crippen LogP contribution in [-0.4, -0.2) is 35.7 Å². The van der Waals surface area contributed by atoms with Gasteiger partial charge in [0.15, 0.2) is 5.78 Å². The molecule has 0 spiro atoms. The Hall–Kier alpha value is -1.92. The van der Waals surface area contributed by atoms with Crippen LogP contribution < -0.4 is 11.1 Å². The molecule has 0 aliphatic carbocycles. The SMILES string of the molecule is CC(C)(O)C(=O)c1ccc(COC(=O)NCCCCCCN)cc1. The molecule has 0 bridgehead atoms. The van der Waals surface area contributed by atoms with Crippen molar-refractivity contribution in [3.63, 3.8) is 0 Å². The molecule has 1 amide bonds. The lowest BCUT2D eigenvalue weighted by Crippen LogP contribution is -2.31. The van der Waals surface area contributed by atoms with E-state index >= 15 is 0 Å². The number of aliphatic hydroxyl groups is 1. The first-order valence-corrected chi connectivity index (χ1v) is 8.31. The van der Waals surface area contributed by atoms with Crippen LogP contribution in [0.3, 0.4) is 0 Å². The summed E-state index contributed by atoms with van der Waals surface area (Å²) >= 11 is 0. The fraction of sp³-hybridized carbons (Fsp3) is 0.556. The summed E-state index contributed by atoms with van der Waals surface area (Å²) in [5, 5.41) is 12.4. The van der Waals surface area contributed by atoms with Crippen molar-refractivity contribution in [2.24, 2.45) is 5.73 Å². The fourth-order valence-corrected chi connectivity index (χ4v) is 2.12. The van der Waals surface area contributed by atoms with Crippen molar-refractivity contribution >= 4 is 11.9 Å². The lowest BCUT2D eigenvalue weighted by Gasteiger charge is -2.15. The zero-order chi connectivity index (χ0) is 18.0. The lowest BCUT2D eigenvalue weighted by atomic mass is 9.96. The van der Waals surface area contributed by atoms with Gasteiger partial charge in [0.05, 0.1) is 0 Å². The van der Waals surface area contributed by atoms with Crippen LogP contribution in [0.15, 0.2) is 24.3 Å². The van der Waals surface area contributed by atoms with Crippen molar-refractivity contribution in [1.82, 2.24) is 5.32 Å². The van der Waals surface area contributed by atoms with Crippen LogP contribution in [0.25, 0.3) is 0 Å². The normalized spacial score (nSPS) is 11.2. The Bertz CT molecular complexity index is 521. The molecule has 1 aromatic carbocycles. The number of ether oxygens (including phenoxy) is 1. The van der Waals surface area contributed by atoms with E-state index in [2.05, 4.69) is 5.32 Å². The van der Waals surface area contributed by atoms with E-state index in [4.69, 9.17) is 10.5 Å². The summed E-state index contributed by atoms with van der Waals surface area (Å²) in [5.41, 5.74) is 5.21. The van der Waals surface area contributed by atoms with Gasteiger partial charge in [0.1, 0.15) is 12.2 Å². The molecule has 4 N–H and O–H groups in total. The number of hydrogen-bond acceptors (Lipinski definition) is 5. The minimum absolute atomic E-state index is 0.135. The first-order chi connectivity index (χ1) is 11.3. The Morgan fingerprint density at radius 1 is 1.12 bits per heavy atom. The smallest absolute Gasteiger partial charge is 0.407 e. The zero-order valence-electron chi connectivity index (χ0n) is 14.5. The Morgan fingerprint density at radius 2 is 1.75 bits per heavy atom. The molecule has 6 nitrogen and oxygen atoms in total. The molecule has 0 radical (unpaired) electrons. The molecule has 0 unspecified atom stereocenters. The number of carbonyl (C=O) groups excluding carboxylic acids is 2. The van der Waals surface area contributed by atoms with Crippen LogP contribution >= 0.6 is 0 Å². The number of Topliss-reactive ketones (excluding diaryl/α,β-unsaturated/α-hetero) is 1. The topological polar surface area (TPSA) is 102 Å². The highest BCUT2D eigenvalue weighted by Crippen LogP contribution is 2.14. The molecule has 0 atom stereocenters. The third kappa shape index (κ3) is 7.57. The van der Waals surface area contributed by atoms with Gasteiger partial charge in [-0.25, -0.2) is 4.79 Å². The second-order valence-electron chi connectivity index (χ2n) is 6.29. The molecular formula is C18H28N2O4. The summed E-state index contributed by atoms with van der Waals surface area (Å²) < 4.78 is 5.12. The fourth-order valence-electron chi connectivity index (χ4n) is 2.12. The largest absolute Gasteiger partial charge is 0.445 e. The van der Waals surface area contributed by atoms with E-state index in [0.717, 1.165) is 31.2 Å². The average molecular weight is 336 g/mol. The molecular weight excluding hydrogens is 308 g/mol. The molecule has 0 heterocycles. The number of nitrogens with two attached hydrogens (primary N) is 1. The summed E-state index contributed by atoms with van der Waals surface area (Å²) in [7, 11) is 0. The van der Waals surface area contributed by atoms with Crippen molar-refractivity contribution in [1.29, 1.82) is 0 Å². The summed E-state index contributed by atoms with van der Waals surface area (Å²) in [5.74, 6) is -0.345. The number of rotatable bonds is 10. The van der Waals surface area contributed by atoms with Crippen molar-refractivity contribution in [3.8, 4) is 0 Å². The van der Waals surface area contributed by atoms with Gasteiger partial charge >= 0.3 is 6.09 Å². The summed E-state index contributed by atoms with van der Waals surface area (Å²) in [4.78, 5) is 23.5. The predicted octanol–water partition coefficient (Wildman–Crippen LogP) is 2.39. The number of unbranched alkanes of at least 4 members (excludes halogenated alkanes) is 3. The first kappa shape index (κ1) is 20.1. The molecule has 0 saturated carbocycles. The predicted molar refractivity (Wildman–Crippen MR) is 92.8 cm³/mol. The van der Waals surface area contributed by atoms with Gasteiger partial charge in [-0.3, -0.25) is 4.79 Å². The highest BCUT2D eigenvalue weighted by molar-refractivity contribution is 6.01. The van der Waals surface area contributed by atoms with E-state index in [9.17, 15) is 14.7 Å². The number of amides is 1. The Morgan fingerprint density at radius 3 is 2.33 bits per heavy atom. The summed E-state index contributed by atoms with van der Waals surface area (Å²) in [6, 6.07) is 6.65. The summed E-state index contributed by atoms with van der Waals surface area (Å²) in [6.45, 7) is 4.33. The van der Waals surface area contributed by atoms with Crippen molar-refractivity contribution in [3.05, 3.63) is 35.4 Å². The van der Waals surface area contributed by atoms with E-state index < -0.39 is 11.7 Å². The number of hydrogen-bond donors (Lipinski definition) is 3. The Balaban J connectivity index is 2.30. The van der Waals surface area contributed by atoms with Gasteiger partial charge in [-0.15, -0.1) is 0 Å². The number of alkyl carbamates (subject to hydrolysis) is 1. The molecule has 0 fully saturated rings. The van der Waals surface area contributed by atoms with Crippen LogP contribution in [0.2, 0.25) is 0 Å². The molecule has 0 saturated heterocycles. The maximum atomic E-state index is 11.9. The van der Waals surface area contributed by atoms with Crippen LogP contribution in [0.5, 0.6) is 0 Å². The van der Waals surface area contributed by atoms with Gasteiger partial charge in [-0.2, -0.15) is 0 Å². The molecule has 0 aliphatic heterocycles. The van der Waals surface area contributed by atoms with Crippen molar-refractivity contribution < 1.29 is 19.4 Å². The molecule has 1 rings (SSSR count). The maximum absolute atomic E-state index is 11.9. The van der Waals surface area contributed by atoms with Crippen molar-refractivity contribution in [2.75, 3.05) is 13.1 Å². The average Bonchev–Trinajstić information content (AvgIpc) is 2.55. The molecule has 1 aromatic rings. The van der Waals surface area contributed by atoms with Gasteiger partial charge in [-0.05, 0) is 38.8 Å². The zero-order valence-corrected chi connectivity index (χ0v) is 14.5. The van der Waals surface area contributed by atoms with Gasteiger partial charge in [-0.1, -0.05) is 37.1 Å². The highest BCUT2D eigenvalue weighted by atomic mass is 16.5. The van der Waals surface area contributed by atoms with Crippen molar-refractivity contribution in [2.45, 2.75) is 51.7 Å². The van der Waals surface area contributed by atoms with Gasteiger partial charge in [0.25, 0.3) is 0 Å². The van der Waals surface area contributed by atoms with Gasteiger partial charge < -0.3 is 20.9 Å². The maximum Gasteiger partial charge on any atom is 0.407 e. The van der Waals surface area contributed by atoms with Gasteiger partial charge in [0, 0.05) is 12.1 Å². The molecule has 134 valence electrons. The van der Waals surface area contributed by atoms with Crippen LogP contribution in [-0.2, 0) is 11.3 Å². The minimum atomic E-state index is -1.40. The quantitative estimate of drug-likeness (QED) is 0.450. The number of nitrogens with one attached hydrogen (secondary N) is 1. The van der Waals surface area contributed by atoms with E-state index in [1.54, 1.807) is 24.3 Å². The van der Waals surface area contributed by atoms with Crippen LogP contribution in [0.1, 0.15) is 55.5 Å². The number of ketones is 1. The third-order valence-corrected chi connectivity index (χ3v) is 3.54. The monoisotopic (exact) mass is 336 g/mol. The standard InChI is InChI=1S/C18H28N2O4/c1-18(2,23)16(21)15-9-7-14(8-10-15)13-24-17(22)20-12-6-4-3-5-11-19/h7-10,23H,3-6,11-13,19H2,1-2H3,(H,20,22). The first-order valence-electron chi connectivity index (χ1n) is 8.31. The Labute approximate surface area is 143 Å². The van der Waals surface area contributed by atoms with E-state index in [1.807, 2.05) is 0 Å². The number of benzene rings is 1. The third-order valence-electron chi connectivity index (χ3n) is 3.54. The highest BCUT2D eigenvalue weighted by Gasteiger charge is 2.24. The molecule has 24 heavy (non-hydrogen) atoms. The Kier molecular flexibility index (Phi) is 8.43. The van der Waals surface area contributed by atoms with Gasteiger partial charge in [0.2, 0.25) is 0 Å². The van der Waals surface area contributed by atoms with E-state index in [1.165, 1.54) is 13.8 Å².